The number of aryl methyl sites for hydroxylation is 1. The van der Waals surface area contributed by atoms with Crippen LogP contribution in [0.15, 0.2) is 77.8 Å². The number of carbonyl (C=O) groups excluding carboxylic acids is 1. The zero-order valence-corrected chi connectivity index (χ0v) is 23.1. The summed E-state index contributed by atoms with van der Waals surface area (Å²) in [5.41, 5.74) is 6.19. The summed E-state index contributed by atoms with van der Waals surface area (Å²) in [6.45, 7) is 4.52. The number of nitrogens with zero attached hydrogens (tertiary/aromatic N) is 5. The number of hydrogen-bond acceptors (Lipinski definition) is 5. The Balaban J connectivity index is 1.45. The molecule has 0 saturated carbocycles. The highest BCUT2D eigenvalue weighted by atomic mass is 35.5. The highest BCUT2D eigenvalue weighted by molar-refractivity contribution is 6.55. The number of likely N-dealkylation sites (tertiary alicyclic amines) is 1. The van der Waals surface area contributed by atoms with E-state index < -0.39 is 0 Å². The molecule has 0 unspecified atom stereocenters. The van der Waals surface area contributed by atoms with Crippen molar-refractivity contribution in [2.75, 3.05) is 24.7 Å². The van der Waals surface area contributed by atoms with Gasteiger partial charge in [-0.1, -0.05) is 71.6 Å². The van der Waals surface area contributed by atoms with Gasteiger partial charge in [-0.05, 0) is 69.3 Å². The first-order valence-electron chi connectivity index (χ1n) is 13.1. The molecule has 0 atom stereocenters. The Bertz CT molecular complexity index is 1500. The van der Waals surface area contributed by atoms with Crippen molar-refractivity contribution in [1.82, 2.24) is 14.9 Å². The number of carbonyl (C=O) groups is 1. The maximum Gasteiger partial charge on any atom is 0.278 e. The third-order valence-electron chi connectivity index (χ3n) is 7.16. The Labute approximate surface area is 237 Å². The molecule has 0 aliphatic carbocycles. The van der Waals surface area contributed by atoms with Crippen LogP contribution in [0.5, 0.6) is 0 Å². The molecule has 1 aromatic heterocycles. The Hall–Kier alpha value is -3.58. The molecule has 3 heterocycles. The number of rotatable bonds is 5. The fraction of sp³-hybridized carbons (Fsp3) is 0.226. The van der Waals surface area contributed by atoms with Gasteiger partial charge in [-0.3, -0.25) is 14.6 Å². The van der Waals surface area contributed by atoms with E-state index in [4.69, 9.17) is 38.2 Å². The zero-order valence-electron chi connectivity index (χ0n) is 21.6. The molecule has 2 aliphatic rings. The van der Waals surface area contributed by atoms with Crippen molar-refractivity contribution in [2.45, 2.75) is 26.2 Å². The summed E-state index contributed by atoms with van der Waals surface area (Å²) in [4.78, 5) is 32.2. The Morgan fingerprint density at radius 2 is 1.41 bits per heavy atom. The van der Waals surface area contributed by atoms with E-state index >= 15 is 0 Å². The van der Waals surface area contributed by atoms with E-state index in [1.807, 2.05) is 73.7 Å². The molecule has 1 amide bonds. The molecule has 3 aromatic carbocycles. The molecule has 0 bridgehead atoms. The van der Waals surface area contributed by atoms with Gasteiger partial charge in [0.25, 0.3) is 11.9 Å². The summed E-state index contributed by atoms with van der Waals surface area (Å²) >= 11 is 12.5. The van der Waals surface area contributed by atoms with Crippen LogP contribution in [-0.2, 0) is 4.79 Å². The second-order valence-corrected chi connectivity index (χ2v) is 10.9. The number of benzene rings is 3. The van der Waals surface area contributed by atoms with E-state index in [0.29, 0.717) is 33.7 Å². The van der Waals surface area contributed by atoms with Crippen LogP contribution >= 0.6 is 23.2 Å². The van der Waals surface area contributed by atoms with Gasteiger partial charge in [-0.2, -0.15) is 0 Å². The number of hydrogen-bond donors (Lipinski definition) is 0. The largest absolute Gasteiger partial charge is 0.293 e. The van der Waals surface area contributed by atoms with Crippen molar-refractivity contribution < 1.29 is 4.79 Å². The average molecular weight is 556 g/mol. The third-order valence-corrected chi connectivity index (χ3v) is 7.64. The number of aromatic nitrogens is 2. The third kappa shape index (κ3) is 5.46. The van der Waals surface area contributed by atoms with Crippen molar-refractivity contribution in [3.8, 4) is 22.5 Å². The minimum absolute atomic E-state index is 0.171. The highest BCUT2D eigenvalue weighted by Gasteiger charge is 2.35. The smallest absolute Gasteiger partial charge is 0.278 e. The Kier molecular flexibility index (Phi) is 7.17. The van der Waals surface area contributed by atoms with Gasteiger partial charge in [0, 0.05) is 26.7 Å². The molecule has 39 heavy (non-hydrogen) atoms. The Morgan fingerprint density at radius 1 is 0.795 bits per heavy atom. The van der Waals surface area contributed by atoms with Crippen molar-refractivity contribution in [2.24, 2.45) is 4.99 Å². The number of anilines is 1. The van der Waals surface area contributed by atoms with Crippen LogP contribution in [0.1, 0.15) is 30.4 Å². The zero-order chi connectivity index (χ0) is 26.9. The predicted octanol–water partition coefficient (Wildman–Crippen LogP) is 7.34. The summed E-state index contributed by atoms with van der Waals surface area (Å²) in [5, 5.41) is 1.19. The predicted molar refractivity (Wildman–Crippen MR) is 158 cm³/mol. The molecule has 8 heteroatoms. The van der Waals surface area contributed by atoms with Crippen molar-refractivity contribution in [3.05, 3.63) is 94.0 Å². The minimum atomic E-state index is -0.171. The standard InChI is InChI=1S/C31H27Cl2N5O/c1-20-5-7-21(8-6-20)26-18-27(22-9-11-23(32)12-10-22)35-31(34-26)36-29-25-17-24(33)13-14-28(25)38(30(29)39)19-37-15-3-2-4-16-37/h5-14,17-18H,2-4,15-16,19H2,1H3/b36-29-. The van der Waals surface area contributed by atoms with Gasteiger partial charge in [-0.25, -0.2) is 15.0 Å². The maximum atomic E-state index is 13.8. The minimum Gasteiger partial charge on any atom is -0.293 e. The molecule has 4 aromatic rings. The normalized spacial score (nSPS) is 16.6. The number of halogens is 2. The molecular weight excluding hydrogens is 529 g/mol. The number of amides is 1. The SMILES string of the molecule is Cc1ccc(-c2cc(-c3ccc(Cl)cc3)nc(/N=C3\C(=O)N(CN4CCCCC4)c4ccc(Cl)cc43)n2)cc1. The molecule has 0 spiro atoms. The number of aliphatic imine (C=N–C) groups is 1. The van der Waals surface area contributed by atoms with Crippen LogP contribution in [0.25, 0.3) is 22.5 Å². The molecule has 196 valence electrons. The molecule has 6 nitrogen and oxygen atoms in total. The van der Waals surface area contributed by atoms with Gasteiger partial charge in [-0.15, -0.1) is 0 Å². The van der Waals surface area contributed by atoms with Gasteiger partial charge in [0.05, 0.1) is 23.7 Å². The number of piperidine rings is 1. The molecule has 0 N–H and O–H groups in total. The molecule has 2 aliphatic heterocycles. The van der Waals surface area contributed by atoms with Crippen molar-refractivity contribution in [1.29, 1.82) is 0 Å². The number of fused-ring (bicyclic) bond motifs is 1. The van der Waals surface area contributed by atoms with Gasteiger partial charge < -0.3 is 0 Å². The van der Waals surface area contributed by atoms with E-state index in [2.05, 4.69) is 4.90 Å². The van der Waals surface area contributed by atoms with Crippen LogP contribution < -0.4 is 4.90 Å². The lowest BCUT2D eigenvalue weighted by Crippen LogP contribution is -2.43. The van der Waals surface area contributed by atoms with E-state index in [9.17, 15) is 4.79 Å². The summed E-state index contributed by atoms with van der Waals surface area (Å²) < 4.78 is 0. The molecule has 0 radical (unpaired) electrons. The van der Waals surface area contributed by atoms with Gasteiger partial charge in [0.2, 0.25) is 0 Å². The van der Waals surface area contributed by atoms with Crippen LogP contribution in [0.2, 0.25) is 10.0 Å². The van der Waals surface area contributed by atoms with E-state index in [-0.39, 0.29) is 11.9 Å². The lowest BCUT2D eigenvalue weighted by atomic mass is 10.1. The summed E-state index contributed by atoms with van der Waals surface area (Å²) in [6, 6.07) is 23.1. The average Bonchev–Trinajstić information content (AvgIpc) is 3.19. The molecule has 1 saturated heterocycles. The monoisotopic (exact) mass is 555 g/mol. The highest BCUT2D eigenvalue weighted by Crippen LogP contribution is 2.34. The quantitative estimate of drug-likeness (QED) is 0.258. The fourth-order valence-electron chi connectivity index (χ4n) is 5.06. The van der Waals surface area contributed by atoms with Gasteiger partial charge in [0.15, 0.2) is 0 Å². The maximum absolute atomic E-state index is 13.8. The van der Waals surface area contributed by atoms with E-state index in [1.165, 1.54) is 6.42 Å². The van der Waals surface area contributed by atoms with Crippen LogP contribution in [0, 0.1) is 6.92 Å². The van der Waals surface area contributed by atoms with Crippen LogP contribution in [0.4, 0.5) is 11.6 Å². The Morgan fingerprint density at radius 3 is 2.08 bits per heavy atom. The van der Waals surface area contributed by atoms with E-state index in [0.717, 1.165) is 54.0 Å². The van der Waals surface area contributed by atoms with Crippen molar-refractivity contribution in [3.63, 3.8) is 0 Å². The topological polar surface area (TPSA) is 61.7 Å². The first-order valence-corrected chi connectivity index (χ1v) is 13.8. The van der Waals surface area contributed by atoms with Gasteiger partial charge >= 0.3 is 0 Å². The summed E-state index contributed by atoms with van der Waals surface area (Å²) in [5.74, 6) is 0.0438. The summed E-state index contributed by atoms with van der Waals surface area (Å²) in [6.07, 6.45) is 3.51. The first-order chi connectivity index (χ1) is 18.9. The first kappa shape index (κ1) is 25.7. The van der Waals surface area contributed by atoms with Gasteiger partial charge in [0.1, 0.15) is 5.71 Å². The second kappa shape index (κ2) is 10.9. The van der Waals surface area contributed by atoms with E-state index in [1.54, 1.807) is 11.0 Å². The van der Waals surface area contributed by atoms with Crippen LogP contribution in [-0.4, -0.2) is 46.2 Å². The molecule has 6 rings (SSSR count). The van der Waals surface area contributed by atoms with Crippen LogP contribution in [0.3, 0.4) is 0 Å². The lowest BCUT2D eigenvalue weighted by Gasteiger charge is -2.30. The van der Waals surface area contributed by atoms with Crippen molar-refractivity contribution >= 4 is 46.5 Å². The molecular formula is C31H27Cl2N5O. The summed E-state index contributed by atoms with van der Waals surface area (Å²) in [7, 11) is 0. The molecule has 1 fully saturated rings. The fourth-order valence-corrected chi connectivity index (χ4v) is 5.36. The lowest BCUT2D eigenvalue weighted by molar-refractivity contribution is -0.112. The second-order valence-electron chi connectivity index (χ2n) is 9.99.